The Morgan fingerprint density at radius 3 is 2.71 bits per heavy atom. The molecule has 1 amide bonds. The van der Waals surface area contributed by atoms with Crippen molar-refractivity contribution in [2.24, 2.45) is 0 Å². The topological polar surface area (TPSA) is 72.7 Å². The van der Waals surface area contributed by atoms with Gasteiger partial charge in [-0.25, -0.2) is 13.8 Å². The predicted molar refractivity (Wildman–Crippen MR) is 184 cm³/mol. The zero-order valence-corrected chi connectivity index (χ0v) is 28.2. The van der Waals surface area contributed by atoms with Gasteiger partial charge in [0.2, 0.25) is 5.91 Å². The summed E-state index contributed by atoms with van der Waals surface area (Å²) in [6.45, 7) is 10.3. The molecule has 11 heteroatoms. The summed E-state index contributed by atoms with van der Waals surface area (Å²) in [5.41, 5.74) is 6.67. The number of nitrogens with zero attached hydrogens (tertiary/aromatic N) is 5. The first kappa shape index (κ1) is 32.1. The van der Waals surface area contributed by atoms with Crippen molar-refractivity contribution >= 4 is 27.3 Å². The number of carbonyl (C=O) groups excluding carboxylic acids is 1. The van der Waals surface area contributed by atoms with Crippen LogP contribution in [-0.2, 0) is 22.5 Å². The standard InChI is InChI=1S/C37H37F2N5O3S/c1-6-32(45)43-19-21(2)44-30(22(43)3)18-29(41-44)36-34(33-28(39)16-26(38)17-31(33)47-13-12-46-5)37-27(10-14-48-37)35(40-36)24-7-8-25-20-42(4)11-9-23(25)15-24/h6-8,10,14-18,21-22H,1,9,11-13,19-20H2,2-5H3/t21-,22-/m0/s1. The van der Waals surface area contributed by atoms with Crippen molar-refractivity contribution < 1.29 is 23.0 Å². The summed E-state index contributed by atoms with van der Waals surface area (Å²) in [6.07, 6.45) is 2.26. The lowest BCUT2D eigenvalue weighted by Crippen LogP contribution is -2.42. The number of hydrogen-bond donors (Lipinski definition) is 0. The van der Waals surface area contributed by atoms with Gasteiger partial charge < -0.3 is 19.3 Å². The first-order valence-electron chi connectivity index (χ1n) is 16.0. The van der Waals surface area contributed by atoms with Crippen molar-refractivity contribution in [2.75, 3.05) is 40.5 Å². The van der Waals surface area contributed by atoms with Gasteiger partial charge in [-0.1, -0.05) is 18.7 Å². The van der Waals surface area contributed by atoms with Crippen molar-refractivity contribution in [3.05, 3.63) is 89.0 Å². The van der Waals surface area contributed by atoms with Crippen LogP contribution in [0.5, 0.6) is 5.75 Å². The number of aromatic nitrogens is 3. The van der Waals surface area contributed by atoms with E-state index in [1.54, 1.807) is 4.90 Å². The third-order valence-corrected chi connectivity index (χ3v) is 10.3. The number of hydrogen-bond acceptors (Lipinski definition) is 7. The molecule has 0 saturated carbocycles. The first-order chi connectivity index (χ1) is 23.2. The van der Waals surface area contributed by atoms with Gasteiger partial charge in [0.25, 0.3) is 0 Å². The van der Waals surface area contributed by atoms with Crippen LogP contribution in [0.4, 0.5) is 8.78 Å². The van der Waals surface area contributed by atoms with Gasteiger partial charge in [0.1, 0.15) is 35.4 Å². The minimum Gasteiger partial charge on any atom is -0.490 e. The smallest absolute Gasteiger partial charge is 0.246 e. The molecule has 0 N–H and O–H groups in total. The highest BCUT2D eigenvalue weighted by atomic mass is 32.1. The molecule has 0 aliphatic carbocycles. The summed E-state index contributed by atoms with van der Waals surface area (Å²) >= 11 is 1.46. The van der Waals surface area contributed by atoms with Crippen LogP contribution in [0.2, 0.25) is 0 Å². The maximum Gasteiger partial charge on any atom is 0.246 e. The fourth-order valence-corrected chi connectivity index (χ4v) is 7.86. The third kappa shape index (κ3) is 5.59. The van der Waals surface area contributed by atoms with E-state index < -0.39 is 11.6 Å². The number of benzene rings is 2. The maximum atomic E-state index is 16.2. The predicted octanol–water partition coefficient (Wildman–Crippen LogP) is 7.44. The van der Waals surface area contributed by atoms with E-state index in [0.29, 0.717) is 23.5 Å². The summed E-state index contributed by atoms with van der Waals surface area (Å²) in [5, 5.41) is 7.86. The minimum absolute atomic E-state index is 0.0569. The lowest BCUT2D eigenvalue weighted by Gasteiger charge is -2.36. The zero-order valence-electron chi connectivity index (χ0n) is 27.4. The zero-order chi connectivity index (χ0) is 33.7. The number of carbonyl (C=O) groups is 1. The number of pyridine rings is 1. The Kier molecular flexibility index (Phi) is 8.61. The van der Waals surface area contributed by atoms with Crippen molar-refractivity contribution in [1.29, 1.82) is 0 Å². The molecule has 7 rings (SSSR count). The maximum absolute atomic E-state index is 16.2. The summed E-state index contributed by atoms with van der Waals surface area (Å²) < 4.78 is 44.7. The number of methoxy groups -OCH3 is 1. The Morgan fingerprint density at radius 1 is 1.08 bits per heavy atom. The average Bonchev–Trinajstić information content (AvgIpc) is 3.75. The molecule has 5 aromatic rings. The molecule has 0 unspecified atom stereocenters. The molecule has 2 atom stereocenters. The van der Waals surface area contributed by atoms with Crippen molar-refractivity contribution in [3.8, 4) is 39.5 Å². The number of thiophene rings is 1. The quantitative estimate of drug-likeness (QED) is 0.126. The molecule has 0 saturated heterocycles. The molecule has 0 fully saturated rings. The Labute approximate surface area is 282 Å². The van der Waals surface area contributed by atoms with Gasteiger partial charge in [-0.05, 0) is 68.1 Å². The van der Waals surface area contributed by atoms with Crippen LogP contribution in [0.25, 0.3) is 43.9 Å². The summed E-state index contributed by atoms with van der Waals surface area (Å²) in [4.78, 5) is 22.1. The number of halogens is 2. The summed E-state index contributed by atoms with van der Waals surface area (Å²) in [5.74, 6) is -1.61. The molecule has 2 aliphatic rings. The van der Waals surface area contributed by atoms with E-state index in [-0.39, 0.29) is 42.5 Å². The molecule has 8 nitrogen and oxygen atoms in total. The fraction of sp³-hybridized carbons (Fsp3) is 0.324. The number of likely N-dealkylation sites (N-methyl/N-ethyl adjacent to an activating group) is 1. The lowest BCUT2D eigenvalue weighted by molar-refractivity contribution is -0.129. The molecule has 2 aromatic carbocycles. The van der Waals surface area contributed by atoms with Crippen LogP contribution in [-0.4, -0.2) is 70.9 Å². The van der Waals surface area contributed by atoms with Gasteiger partial charge in [-0.15, -0.1) is 11.3 Å². The van der Waals surface area contributed by atoms with Crippen molar-refractivity contribution in [1.82, 2.24) is 24.6 Å². The van der Waals surface area contributed by atoms with Gasteiger partial charge in [-0.3, -0.25) is 9.48 Å². The van der Waals surface area contributed by atoms with Crippen LogP contribution in [0.15, 0.2) is 60.5 Å². The van der Waals surface area contributed by atoms with Crippen LogP contribution in [0.1, 0.15) is 42.8 Å². The van der Waals surface area contributed by atoms with Gasteiger partial charge >= 0.3 is 0 Å². The summed E-state index contributed by atoms with van der Waals surface area (Å²) in [6, 6.07) is 12.1. The first-order valence-corrected chi connectivity index (χ1v) is 16.9. The van der Waals surface area contributed by atoms with Crippen LogP contribution in [0, 0.1) is 11.6 Å². The second-order valence-corrected chi connectivity index (χ2v) is 13.5. The third-order valence-electron chi connectivity index (χ3n) is 9.34. The van der Waals surface area contributed by atoms with Gasteiger partial charge in [0.05, 0.1) is 35.6 Å². The van der Waals surface area contributed by atoms with E-state index in [2.05, 4.69) is 36.7 Å². The molecular weight excluding hydrogens is 633 g/mol. The molecule has 0 radical (unpaired) electrons. The number of fused-ring (bicyclic) bond motifs is 3. The SMILES string of the molecule is C=CC(=O)N1C[C@H](C)n2nc(-c3nc(-c4ccc5c(c4)CCN(C)C5)c4ccsc4c3-c3c(F)cc(F)cc3OCCOC)cc2[C@@H]1C. The highest BCUT2D eigenvalue weighted by molar-refractivity contribution is 7.18. The normalized spacial score (nSPS) is 17.8. The van der Waals surface area contributed by atoms with E-state index in [1.165, 1.54) is 41.7 Å². The molecule has 0 bridgehead atoms. The van der Waals surface area contributed by atoms with Crippen LogP contribution >= 0.6 is 11.3 Å². The highest BCUT2D eigenvalue weighted by Crippen LogP contribution is 2.48. The van der Waals surface area contributed by atoms with E-state index >= 15 is 4.39 Å². The lowest BCUT2D eigenvalue weighted by atomic mass is 9.93. The highest BCUT2D eigenvalue weighted by Gasteiger charge is 2.34. The Bertz CT molecular complexity index is 2060. The molecule has 248 valence electrons. The molecule has 48 heavy (non-hydrogen) atoms. The number of amides is 1. The average molecular weight is 670 g/mol. The van der Waals surface area contributed by atoms with E-state index in [4.69, 9.17) is 19.6 Å². The number of rotatable bonds is 8. The fourth-order valence-electron chi connectivity index (χ4n) is 6.91. The minimum atomic E-state index is -0.765. The second kappa shape index (κ2) is 12.9. The van der Waals surface area contributed by atoms with Crippen molar-refractivity contribution in [3.63, 3.8) is 0 Å². The van der Waals surface area contributed by atoms with E-state index in [1.807, 2.05) is 36.0 Å². The molecule has 3 aromatic heterocycles. The Hall–Kier alpha value is -4.45. The van der Waals surface area contributed by atoms with Crippen LogP contribution in [0.3, 0.4) is 0 Å². The monoisotopic (exact) mass is 669 g/mol. The number of ether oxygens (including phenoxy) is 2. The second-order valence-electron chi connectivity index (χ2n) is 12.5. The van der Waals surface area contributed by atoms with Crippen LogP contribution < -0.4 is 4.74 Å². The largest absolute Gasteiger partial charge is 0.490 e. The van der Waals surface area contributed by atoms with Gasteiger partial charge in [0, 0.05) is 60.1 Å². The Morgan fingerprint density at radius 2 is 1.92 bits per heavy atom. The molecule has 2 aliphatic heterocycles. The van der Waals surface area contributed by atoms with E-state index in [9.17, 15) is 9.18 Å². The molecule has 5 heterocycles. The summed E-state index contributed by atoms with van der Waals surface area (Å²) in [7, 11) is 3.66. The molecule has 0 spiro atoms. The Balaban J connectivity index is 1.49. The molecular formula is C37H37F2N5O3S. The van der Waals surface area contributed by atoms with E-state index in [0.717, 1.165) is 52.6 Å². The van der Waals surface area contributed by atoms with Crippen molar-refractivity contribution in [2.45, 2.75) is 38.9 Å². The van der Waals surface area contributed by atoms with Gasteiger partial charge in [0.15, 0.2) is 0 Å². The van der Waals surface area contributed by atoms with Gasteiger partial charge in [-0.2, -0.15) is 5.10 Å².